The van der Waals surface area contributed by atoms with Crippen molar-refractivity contribution < 1.29 is 14.3 Å². The normalized spacial score (nSPS) is 22.1. The van der Waals surface area contributed by atoms with Gasteiger partial charge in [0.1, 0.15) is 5.78 Å². The van der Waals surface area contributed by atoms with Crippen LogP contribution in [0.5, 0.6) is 0 Å². The molecule has 1 saturated carbocycles. The first-order valence-electron chi connectivity index (χ1n) is 19.8. The van der Waals surface area contributed by atoms with E-state index < -0.39 is 0 Å². The van der Waals surface area contributed by atoms with E-state index in [-0.39, 0.29) is 24.3 Å². The molecule has 6 nitrogen and oxygen atoms in total. The summed E-state index contributed by atoms with van der Waals surface area (Å²) in [5, 5.41) is 0.806. The third kappa shape index (κ3) is 14.0. The fraction of sp³-hybridized carbons (Fsp3) is 0.614. The number of rotatable bonds is 7. The number of aromatic nitrogens is 1. The maximum Gasteiger partial charge on any atom is 0.237 e. The molecule has 52 heavy (non-hydrogen) atoms. The van der Waals surface area contributed by atoms with Gasteiger partial charge in [0.2, 0.25) is 5.91 Å². The van der Waals surface area contributed by atoms with Gasteiger partial charge >= 0.3 is 0 Å². The first kappa shape index (κ1) is 45.7. The average molecular weight is 754 g/mol. The molecule has 2 aliphatic heterocycles. The third-order valence-corrected chi connectivity index (χ3v) is 10.5. The molecule has 0 spiro atoms. The SMILES string of the molecule is CC1CC1.CCC.CCC.CCC(=P)N1CCCN(CC(C)=O)C(=O)C1.CCC1Cc2cccn2-c2ccc(Cl)cc2C1C1C=CC=C(C)C1OC. The largest absolute Gasteiger partial charge is 0.376 e. The third-order valence-electron chi connectivity index (χ3n) is 9.64. The summed E-state index contributed by atoms with van der Waals surface area (Å²) in [5.41, 5.74) is 6.32. The predicted molar refractivity (Wildman–Crippen MR) is 226 cm³/mol. The molecule has 4 atom stereocenters. The monoisotopic (exact) mass is 753 g/mol. The first-order valence-corrected chi connectivity index (χ1v) is 20.7. The summed E-state index contributed by atoms with van der Waals surface area (Å²) in [6.45, 7) is 21.0. The molecule has 0 N–H and O–H groups in total. The van der Waals surface area contributed by atoms with Crippen LogP contribution in [0.25, 0.3) is 5.69 Å². The van der Waals surface area contributed by atoms with Gasteiger partial charge in [-0.25, -0.2) is 0 Å². The number of benzene rings is 1. The molecule has 0 bridgehead atoms. The molecule has 1 aromatic carbocycles. The van der Waals surface area contributed by atoms with E-state index in [0.29, 0.717) is 30.8 Å². The van der Waals surface area contributed by atoms with E-state index in [9.17, 15) is 9.59 Å². The molecule has 1 amide bonds. The number of carbonyl (C=O) groups excluding carboxylic acids is 2. The topological polar surface area (TPSA) is 54.8 Å². The number of methoxy groups -OCH3 is 1. The van der Waals surface area contributed by atoms with Crippen LogP contribution < -0.4 is 0 Å². The van der Waals surface area contributed by atoms with E-state index in [4.69, 9.17) is 16.3 Å². The molecule has 290 valence electrons. The van der Waals surface area contributed by atoms with E-state index >= 15 is 0 Å². The van der Waals surface area contributed by atoms with Crippen molar-refractivity contribution in [1.82, 2.24) is 14.4 Å². The van der Waals surface area contributed by atoms with Gasteiger partial charge in [-0.2, -0.15) is 0 Å². The molecule has 4 unspecified atom stereocenters. The molecule has 3 heterocycles. The summed E-state index contributed by atoms with van der Waals surface area (Å²) in [6.07, 6.45) is 18.5. The number of carbonyl (C=O) groups is 2. The number of ether oxygens (including phenoxy) is 1. The number of amides is 1. The number of hydrogen-bond acceptors (Lipinski definition) is 3. The highest BCUT2D eigenvalue weighted by molar-refractivity contribution is 7.20. The van der Waals surface area contributed by atoms with Crippen LogP contribution in [0.15, 0.2) is 60.3 Å². The Balaban J connectivity index is 0.000000305. The van der Waals surface area contributed by atoms with Gasteiger partial charge < -0.3 is 14.2 Å². The van der Waals surface area contributed by atoms with Crippen LogP contribution in [0, 0.1) is 17.8 Å². The molecular weight excluding hydrogens is 685 g/mol. The second kappa shape index (κ2) is 24.0. The minimum Gasteiger partial charge on any atom is -0.376 e. The lowest BCUT2D eigenvalue weighted by Crippen LogP contribution is -2.40. The van der Waals surface area contributed by atoms with Crippen LogP contribution in [0.2, 0.25) is 5.02 Å². The maximum absolute atomic E-state index is 11.9. The first-order chi connectivity index (χ1) is 24.9. The van der Waals surface area contributed by atoms with E-state index in [1.54, 1.807) is 4.90 Å². The minimum absolute atomic E-state index is 0.0388. The molecule has 2 aromatic rings. The van der Waals surface area contributed by atoms with Gasteiger partial charge in [0.05, 0.1) is 19.2 Å². The summed E-state index contributed by atoms with van der Waals surface area (Å²) in [6, 6.07) is 10.7. The summed E-state index contributed by atoms with van der Waals surface area (Å²) in [4.78, 5) is 26.6. The van der Waals surface area contributed by atoms with Gasteiger partial charge in [-0.05, 0) is 92.3 Å². The zero-order chi connectivity index (χ0) is 38.8. The van der Waals surface area contributed by atoms with Crippen molar-refractivity contribution in [2.24, 2.45) is 17.8 Å². The number of allylic oxidation sites excluding steroid dienone is 2. The van der Waals surface area contributed by atoms with E-state index in [2.05, 4.69) is 111 Å². The lowest BCUT2D eigenvalue weighted by atomic mass is 9.70. The standard InChI is InChI=1S/C23H26ClNO.C11H19N2O2P.C4H8.2C3H8/c1-4-16-13-18-8-6-12-25(18)21-11-10-17(24)14-20(21)22(16)19-9-5-7-15(2)23(19)26-3;1-3-11(16)13-6-4-5-12(7-9(2)14)10(15)8-13;1-4-2-3-4;2*1-3-2/h5-12,14,16,19,22-23H,4,13H2,1-3H3;16H,3-8H2,1-2H3;4H,2-3H2,1H3;2*3H2,1-2H3. The van der Waals surface area contributed by atoms with Gasteiger partial charge in [-0.3, -0.25) is 14.5 Å². The summed E-state index contributed by atoms with van der Waals surface area (Å²) >= 11 is 6.46. The van der Waals surface area contributed by atoms with E-state index in [1.165, 1.54) is 55.1 Å². The summed E-state index contributed by atoms with van der Waals surface area (Å²) in [7, 11) is 5.36. The predicted octanol–water partition coefficient (Wildman–Crippen LogP) is 11.0. The quantitative estimate of drug-likeness (QED) is 0.264. The summed E-state index contributed by atoms with van der Waals surface area (Å²) < 4.78 is 8.29. The van der Waals surface area contributed by atoms with E-state index in [1.807, 2.05) is 25.0 Å². The maximum atomic E-state index is 11.9. The number of nitrogens with zero attached hydrogens (tertiary/aromatic N) is 3. The fourth-order valence-electron chi connectivity index (χ4n) is 6.86. The fourth-order valence-corrected chi connectivity index (χ4v) is 7.23. The molecular formula is C44H69ClN3O3P. The van der Waals surface area contributed by atoms with Gasteiger partial charge in [0, 0.05) is 54.1 Å². The highest BCUT2D eigenvalue weighted by Crippen LogP contribution is 2.46. The molecule has 8 heteroatoms. The zero-order valence-corrected chi connectivity index (χ0v) is 35.8. The van der Waals surface area contributed by atoms with Crippen LogP contribution in [0.3, 0.4) is 0 Å². The Bertz CT molecular complexity index is 1460. The number of fused-ring (bicyclic) bond motifs is 3. The number of hydrogen-bond donors (Lipinski definition) is 0. The molecule has 0 radical (unpaired) electrons. The Morgan fingerprint density at radius 2 is 1.69 bits per heavy atom. The van der Waals surface area contributed by atoms with E-state index in [0.717, 1.165) is 48.6 Å². The number of halogens is 1. The van der Waals surface area contributed by atoms with Gasteiger partial charge in [-0.15, -0.1) is 8.86 Å². The Labute approximate surface area is 324 Å². The van der Waals surface area contributed by atoms with Crippen LogP contribution in [0.4, 0.5) is 0 Å². The smallest absolute Gasteiger partial charge is 0.237 e. The second-order valence-electron chi connectivity index (χ2n) is 14.7. The van der Waals surface area contributed by atoms with Crippen LogP contribution in [-0.4, -0.2) is 70.9 Å². The minimum atomic E-state index is 0.0388. The number of ketones is 1. The summed E-state index contributed by atoms with van der Waals surface area (Å²) in [5.74, 6) is 2.40. The molecule has 2 fully saturated rings. The second-order valence-corrected chi connectivity index (χ2v) is 15.7. The lowest BCUT2D eigenvalue weighted by molar-refractivity contribution is -0.134. The van der Waals surface area contributed by atoms with Crippen molar-refractivity contribution in [2.45, 2.75) is 126 Å². The highest BCUT2D eigenvalue weighted by atomic mass is 35.5. The van der Waals surface area contributed by atoms with Crippen molar-refractivity contribution in [3.8, 4) is 5.69 Å². The zero-order valence-electron chi connectivity index (χ0n) is 34.0. The van der Waals surface area contributed by atoms with Gasteiger partial charge in [-0.1, -0.05) is 110 Å². The van der Waals surface area contributed by atoms with Crippen LogP contribution >= 0.6 is 20.5 Å². The lowest BCUT2D eigenvalue weighted by Gasteiger charge is -2.37. The van der Waals surface area contributed by atoms with Gasteiger partial charge in [0.25, 0.3) is 0 Å². The average Bonchev–Trinajstić information content (AvgIpc) is 3.83. The van der Waals surface area contributed by atoms with Gasteiger partial charge in [0.15, 0.2) is 0 Å². The van der Waals surface area contributed by atoms with Crippen molar-refractivity contribution in [2.75, 3.05) is 33.3 Å². The van der Waals surface area contributed by atoms with Crippen molar-refractivity contribution in [1.29, 1.82) is 0 Å². The molecule has 1 aromatic heterocycles. The Morgan fingerprint density at radius 3 is 2.25 bits per heavy atom. The van der Waals surface area contributed by atoms with Crippen LogP contribution in [0.1, 0.15) is 124 Å². The Kier molecular flexibility index (Phi) is 21.1. The number of Topliss-reactive ketones (excluding diaryl/α,β-unsaturated/α-hetero) is 1. The Morgan fingerprint density at radius 1 is 1.04 bits per heavy atom. The molecule has 4 aliphatic rings. The molecule has 1 saturated heterocycles. The molecule has 2 aliphatic carbocycles. The van der Waals surface area contributed by atoms with Crippen LogP contribution in [-0.2, 0) is 20.7 Å². The highest BCUT2D eigenvalue weighted by Gasteiger charge is 2.39. The van der Waals surface area contributed by atoms with Crippen molar-refractivity contribution in [3.63, 3.8) is 0 Å². The molecule has 6 rings (SSSR count). The van der Waals surface area contributed by atoms with Crippen molar-refractivity contribution in [3.05, 3.63) is 76.6 Å². The Hall–Kier alpha value is -2.50. The van der Waals surface area contributed by atoms with Crippen molar-refractivity contribution >= 4 is 37.6 Å².